The lowest BCUT2D eigenvalue weighted by Crippen LogP contribution is -2.53. The molecule has 0 amide bonds. The van der Waals surface area contributed by atoms with E-state index in [0.29, 0.717) is 11.3 Å². The molecule has 0 bridgehead atoms. The molecular formula is C28H49FOSi. The van der Waals surface area contributed by atoms with Crippen LogP contribution >= 0.6 is 0 Å². The van der Waals surface area contributed by atoms with Crippen LogP contribution in [0.15, 0.2) is 11.9 Å². The first-order valence-corrected chi connectivity index (χ1v) is 16.2. The molecule has 0 aromatic heterocycles. The van der Waals surface area contributed by atoms with E-state index in [9.17, 15) is 4.39 Å². The maximum Gasteiger partial charge on any atom is 0.191 e. The fourth-order valence-corrected chi connectivity index (χ4v) is 9.69. The van der Waals surface area contributed by atoms with Crippen LogP contribution in [0.25, 0.3) is 0 Å². The largest absolute Gasteiger partial charge is 0.417 e. The Kier molecular flexibility index (Phi) is 6.16. The minimum atomic E-state index is -1.69. The number of fused-ring (bicyclic) bond motifs is 5. The summed E-state index contributed by atoms with van der Waals surface area (Å²) in [5.41, 5.74) is 0.669. The predicted molar refractivity (Wildman–Crippen MR) is 132 cm³/mol. The topological polar surface area (TPSA) is 9.23 Å². The van der Waals surface area contributed by atoms with Crippen molar-refractivity contribution in [1.82, 2.24) is 0 Å². The van der Waals surface area contributed by atoms with E-state index in [2.05, 4.69) is 54.6 Å². The Morgan fingerprint density at radius 3 is 2.39 bits per heavy atom. The molecule has 3 saturated carbocycles. The van der Waals surface area contributed by atoms with Gasteiger partial charge in [0.05, 0.1) is 5.83 Å². The Bertz CT molecular complexity index is 708. The summed E-state index contributed by atoms with van der Waals surface area (Å²) in [5.74, 6) is 4.27. The lowest BCUT2D eigenvalue weighted by Gasteiger charge is -2.60. The summed E-state index contributed by atoms with van der Waals surface area (Å²) < 4.78 is 21.4. The maximum absolute atomic E-state index is 14.8. The second-order valence-corrected chi connectivity index (χ2v) is 18.7. The average molecular weight is 449 g/mol. The van der Waals surface area contributed by atoms with Gasteiger partial charge in [-0.05, 0) is 110 Å². The van der Waals surface area contributed by atoms with Gasteiger partial charge in [-0.2, -0.15) is 0 Å². The average Bonchev–Trinajstić information content (AvgIpc) is 3.02. The molecule has 0 aliphatic heterocycles. The summed E-state index contributed by atoms with van der Waals surface area (Å²) in [4.78, 5) is 0. The van der Waals surface area contributed by atoms with Gasteiger partial charge in [-0.3, -0.25) is 0 Å². The highest BCUT2D eigenvalue weighted by molar-refractivity contribution is 6.74. The van der Waals surface area contributed by atoms with Crippen LogP contribution in [0.5, 0.6) is 0 Å². The molecule has 4 aliphatic rings. The van der Waals surface area contributed by atoms with Crippen molar-refractivity contribution in [2.75, 3.05) is 6.61 Å². The third-order valence-electron chi connectivity index (χ3n) is 11.5. The van der Waals surface area contributed by atoms with Crippen molar-refractivity contribution in [3.8, 4) is 0 Å². The van der Waals surface area contributed by atoms with Crippen LogP contribution in [0.4, 0.5) is 4.39 Å². The van der Waals surface area contributed by atoms with Gasteiger partial charge in [-0.1, -0.05) is 47.6 Å². The van der Waals surface area contributed by atoms with Gasteiger partial charge in [0.1, 0.15) is 0 Å². The predicted octanol–water partition coefficient (Wildman–Crippen LogP) is 8.77. The number of allylic oxidation sites excluding steroid dienone is 2. The van der Waals surface area contributed by atoms with E-state index in [1.165, 1.54) is 38.5 Å². The molecular weight excluding hydrogens is 399 g/mol. The van der Waals surface area contributed by atoms with Gasteiger partial charge in [0.2, 0.25) is 0 Å². The van der Waals surface area contributed by atoms with Crippen molar-refractivity contribution in [2.24, 2.45) is 46.3 Å². The molecule has 4 aliphatic carbocycles. The SMILES string of the molecule is CC(CO[Si](C)(C)C(C)(C)C)[C@H]1CC[C@H]2[C@@H]3CCC4C(F)=CCC[C@]4(C)[C@H]3CC[C@]12C. The fraction of sp³-hybridized carbons (Fsp3) is 0.929. The molecule has 2 unspecified atom stereocenters. The summed E-state index contributed by atoms with van der Waals surface area (Å²) in [7, 11) is -1.69. The van der Waals surface area contributed by atoms with Gasteiger partial charge < -0.3 is 4.43 Å². The highest BCUT2D eigenvalue weighted by Crippen LogP contribution is 2.68. The van der Waals surface area contributed by atoms with Crippen molar-refractivity contribution in [2.45, 2.75) is 111 Å². The summed E-state index contributed by atoms with van der Waals surface area (Å²) in [6.07, 6.45) is 11.8. The summed E-state index contributed by atoms with van der Waals surface area (Å²) in [5, 5.41) is 0.282. The molecule has 4 rings (SSSR count). The molecule has 0 aromatic carbocycles. The van der Waals surface area contributed by atoms with Crippen molar-refractivity contribution in [1.29, 1.82) is 0 Å². The van der Waals surface area contributed by atoms with Crippen molar-refractivity contribution >= 4 is 8.32 Å². The molecule has 0 N–H and O–H groups in total. The van der Waals surface area contributed by atoms with Crippen LogP contribution in [-0.4, -0.2) is 14.9 Å². The zero-order chi connectivity index (χ0) is 22.8. The minimum Gasteiger partial charge on any atom is -0.417 e. The smallest absolute Gasteiger partial charge is 0.191 e. The molecule has 31 heavy (non-hydrogen) atoms. The van der Waals surface area contributed by atoms with Gasteiger partial charge >= 0.3 is 0 Å². The van der Waals surface area contributed by atoms with E-state index < -0.39 is 8.32 Å². The van der Waals surface area contributed by atoms with Crippen LogP contribution in [-0.2, 0) is 4.43 Å². The standard InChI is InChI=1S/C28H49FOSi/c1-19(18-30-31(7,8)26(2,3)4)21-13-14-22-20-11-12-24-25(29)10-9-16-27(24,5)23(20)15-17-28(21,22)6/h10,19-24H,9,11-18H2,1-8H3/t19?,20-,21+,22-,23-,24?,27+,28+/m0/s1. The molecule has 0 heterocycles. The normalized spacial score (nSPS) is 44.2. The van der Waals surface area contributed by atoms with Gasteiger partial charge in [0.25, 0.3) is 0 Å². The van der Waals surface area contributed by atoms with Crippen molar-refractivity contribution in [3.05, 3.63) is 11.9 Å². The zero-order valence-corrected chi connectivity index (χ0v) is 22.7. The second-order valence-electron chi connectivity index (χ2n) is 13.9. The molecule has 8 atom stereocenters. The third kappa shape index (κ3) is 3.82. The lowest BCUT2D eigenvalue weighted by molar-refractivity contribution is -0.103. The quantitative estimate of drug-likeness (QED) is 0.390. The molecule has 0 aromatic rings. The zero-order valence-electron chi connectivity index (χ0n) is 21.7. The highest BCUT2D eigenvalue weighted by Gasteiger charge is 2.60. The first kappa shape index (κ1) is 24.0. The first-order valence-electron chi connectivity index (χ1n) is 13.3. The summed E-state index contributed by atoms with van der Waals surface area (Å²) in [6, 6.07) is 0. The Labute approximate surface area is 193 Å². The van der Waals surface area contributed by atoms with Gasteiger partial charge in [0, 0.05) is 12.5 Å². The fourth-order valence-electron chi connectivity index (χ4n) is 8.58. The van der Waals surface area contributed by atoms with Crippen molar-refractivity contribution < 1.29 is 8.82 Å². The van der Waals surface area contributed by atoms with E-state index in [4.69, 9.17) is 4.43 Å². The number of halogens is 1. The van der Waals surface area contributed by atoms with E-state index in [-0.39, 0.29) is 22.2 Å². The van der Waals surface area contributed by atoms with Crippen LogP contribution in [0.3, 0.4) is 0 Å². The monoisotopic (exact) mass is 448 g/mol. The highest BCUT2D eigenvalue weighted by atomic mass is 28.4. The van der Waals surface area contributed by atoms with Gasteiger partial charge in [0.15, 0.2) is 8.32 Å². The second kappa shape index (κ2) is 7.96. The molecule has 0 radical (unpaired) electrons. The van der Waals surface area contributed by atoms with Gasteiger partial charge in [-0.15, -0.1) is 0 Å². The minimum absolute atomic E-state index is 0.207. The Morgan fingerprint density at radius 1 is 1.03 bits per heavy atom. The molecule has 1 nitrogen and oxygen atoms in total. The van der Waals surface area contributed by atoms with Crippen molar-refractivity contribution in [3.63, 3.8) is 0 Å². The summed E-state index contributed by atoms with van der Waals surface area (Å²) >= 11 is 0. The molecule has 3 fully saturated rings. The van der Waals surface area contributed by atoms with E-state index in [1.807, 2.05) is 6.08 Å². The number of hydrogen-bond donors (Lipinski definition) is 0. The lowest BCUT2D eigenvalue weighted by atomic mass is 9.45. The first-order chi connectivity index (χ1) is 14.3. The molecule has 178 valence electrons. The van der Waals surface area contributed by atoms with E-state index >= 15 is 0 Å². The van der Waals surface area contributed by atoms with E-state index in [0.717, 1.165) is 43.1 Å². The van der Waals surface area contributed by atoms with Crippen LogP contribution in [0.1, 0.15) is 92.9 Å². The van der Waals surface area contributed by atoms with Gasteiger partial charge in [-0.25, -0.2) is 4.39 Å². The Balaban J connectivity index is 1.48. The Morgan fingerprint density at radius 2 is 1.71 bits per heavy atom. The van der Waals surface area contributed by atoms with Crippen LogP contribution in [0.2, 0.25) is 18.1 Å². The summed E-state index contributed by atoms with van der Waals surface area (Å²) in [6.45, 7) is 20.3. The molecule has 0 saturated heterocycles. The van der Waals surface area contributed by atoms with Crippen LogP contribution in [0, 0.1) is 46.3 Å². The molecule has 0 spiro atoms. The Hall–Kier alpha value is -0.153. The van der Waals surface area contributed by atoms with Crippen LogP contribution < -0.4 is 0 Å². The van der Waals surface area contributed by atoms with E-state index in [1.54, 1.807) is 0 Å². The molecule has 3 heteroatoms. The third-order valence-corrected chi connectivity index (χ3v) is 16.0. The number of hydrogen-bond acceptors (Lipinski definition) is 1. The number of rotatable bonds is 4. The maximum atomic E-state index is 14.8.